The molecule has 1 amide bonds. The van der Waals surface area contributed by atoms with E-state index in [-0.39, 0.29) is 5.91 Å². The molecule has 0 saturated carbocycles. The van der Waals surface area contributed by atoms with E-state index in [0.29, 0.717) is 30.5 Å². The maximum absolute atomic E-state index is 12.4. The number of ether oxygens (including phenoxy) is 2. The van der Waals surface area contributed by atoms with Crippen molar-refractivity contribution in [1.29, 1.82) is 0 Å². The van der Waals surface area contributed by atoms with Crippen LogP contribution in [0.1, 0.15) is 48.3 Å². The third kappa shape index (κ3) is 4.64. The molecule has 0 atom stereocenters. The fourth-order valence-corrected chi connectivity index (χ4v) is 3.36. The Hall–Kier alpha value is -1.73. The minimum Gasteiger partial charge on any atom is -0.477 e. The Bertz CT molecular complexity index is 672. The molecule has 0 aliphatic rings. The number of amides is 1. The number of nitrogens with one attached hydrogen (secondary N) is 1. The van der Waals surface area contributed by atoms with Crippen molar-refractivity contribution < 1.29 is 14.3 Å². The highest BCUT2D eigenvalue weighted by atomic mass is 32.1. The van der Waals surface area contributed by atoms with Crippen LogP contribution in [-0.4, -0.2) is 42.2 Å². The summed E-state index contributed by atoms with van der Waals surface area (Å²) < 4.78 is 11.0. The van der Waals surface area contributed by atoms with Crippen molar-refractivity contribution in [1.82, 2.24) is 15.3 Å². The van der Waals surface area contributed by atoms with Crippen LogP contribution in [-0.2, 0) is 4.74 Å². The number of aromatic nitrogens is 2. The van der Waals surface area contributed by atoms with E-state index >= 15 is 0 Å². The largest absolute Gasteiger partial charge is 0.477 e. The first-order valence-electron chi connectivity index (χ1n) is 8.41. The van der Waals surface area contributed by atoms with Gasteiger partial charge in [0.25, 0.3) is 5.91 Å². The van der Waals surface area contributed by atoms with Gasteiger partial charge in [0.05, 0.1) is 16.9 Å². The SMILES string of the molecule is CCCCOCCCNC(=O)c1sc2ncnc(OCC)c2c1C. The van der Waals surface area contributed by atoms with Crippen molar-refractivity contribution in [2.45, 2.75) is 40.0 Å². The number of hydrogen-bond donors (Lipinski definition) is 1. The number of rotatable bonds is 10. The van der Waals surface area contributed by atoms with Crippen LogP contribution in [0.4, 0.5) is 0 Å². The Labute approximate surface area is 146 Å². The number of unbranched alkanes of at least 4 members (excludes halogenated alkanes) is 1. The predicted molar refractivity (Wildman–Crippen MR) is 96.0 cm³/mol. The van der Waals surface area contributed by atoms with Gasteiger partial charge in [0.2, 0.25) is 5.88 Å². The lowest BCUT2D eigenvalue weighted by Gasteiger charge is -2.06. The van der Waals surface area contributed by atoms with Crippen LogP contribution >= 0.6 is 11.3 Å². The van der Waals surface area contributed by atoms with Crippen molar-refractivity contribution in [3.05, 3.63) is 16.8 Å². The molecular weight excluding hydrogens is 326 g/mol. The Morgan fingerprint density at radius 1 is 1.25 bits per heavy atom. The highest BCUT2D eigenvalue weighted by molar-refractivity contribution is 7.20. The number of nitrogens with zero attached hydrogens (tertiary/aromatic N) is 2. The molecule has 0 saturated heterocycles. The first-order chi connectivity index (χ1) is 11.7. The van der Waals surface area contributed by atoms with Gasteiger partial charge in [-0.25, -0.2) is 9.97 Å². The van der Waals surface area contributed by atoms with E-state index in [1.54, 1.807) is 0 Å². The molecule has 0 aromatic carbocycles. The number of carbonyl (C=O) groups is 1. The van der Waals surface area contributed by atoms with Crippen molar-refractivity contribution in [2.75, 3.05) is 26.4 Å². The van der Waals surface area contributed by atoms with Gasteiger partial charge in [-0.2, -0.15) is 0 Å². The minimum atomic E-state index is -0.0773. The van der Waals surface area contributed by atoms with Gasteiger partial charge in [-0.1, -0.05) is 13.3 Å². The summed E-state index contributed by atoms with van der Waals surface area (Å²) in [6.07, 6.45) is 4.49. The Balaban J connectivity index is 1.95. The first-order valence-corrected chi connectivity index (χ1v) is 9.23. The summed E-state index contributed by atoms with van der Waals surface area (Å²) in [6, 6.07) is 0. The number of carbonyl (C=O) groups excluding carboxylic acids is 1. The molecule has 0 fully saturated rings. The summed E-state index contributed by atoms with van der Waals surface area (Å²) in [5.41, 5.74) is 0.871. The fourth-order valence-electron chi connectivity index (χ4n) is 2.31. The molecule has 0 aliphatic carbocycles. The standard InChI is InChI=1S/C17H25N3O3S/c1-4-6-9-22-10-7-8-18-15(21)14-12(3)13-16(23-5-2)19-11-20-17(13)24-14/h11H,4-10H2,1-3H3,(H,18,21). The highest BCUT2D eigenvalue weighted by Gasteiger charge is 2.19. The molecule has 7 heteroatoms. The molecular formula is C17H25N3O3S. The summed E-state index contributed by atoms with van der Waals surface area (Å²) in [6.45, 7) is 8.55. The number of hydrogen-bond acceptors (Lipinski definition) is 6. The van der Waals surface area contributed by atoms with Crippen LogP contribution in [0.3, 0.4) is 0 Å². The van der Waals surface area contributed by atoms with Crippen LogP contribution in [0, 0.1) is 6.92 Å². The lowest BCUT2D eigenvalue weighted by Crippen LogP contribution is -2.25. The molecule has 24 heavy (non-hydrogen) atoms. The molecule has 0 spiro atoms. The van der Waals surface area contributed by atoms with Crippen LogP contribution < -0.4 is 10.1 Å². The number of thiophene rings is 1. The van der Waals surface area contributed by atoms with Crippen molar-refractivity contribution in [2.24, 2.45) is 0 Å². The van der Waals surface area contributed by atoms with Crippen LogP contribution in [0.2, 0.25) is 0 Å². The molecule has 6 nitrogen and oxygen atoms in total. The van der Waals surface area contributed by atoms with Crippen LogP contribution in [0.25, 0.3) is 10.2 Å². The summed E-state index contributed by atoms with van der Waals surface area (Å²) in [4.78, 5) is 22.3. The van der Waals surface area contributed by atoms with Gasteiger partial charge in [-0.05, 0) is 32.3 Å². The molecule has 2 heterocycles. The van der Waals surface area contributed by atoms with Gasteiger partial charge >= 0.3 is 0 Å². The number of aryl methyl sites for hydroxylation is 1. The summed E-state index contributed by atoms with van der Waals surface area (Å²) in [5.74, 6) is 0.464. The molecule has 0 aliphatic heterocycles. The van der Waals surface area contributed by atoms with E-state index in [4.69, 9.17) is 9.47 Å². The van der Waals surface area contributed by atoms with E-state index < -0.39 is 0 Å². The second-order valence-corrected chi connectivity index (χ2v) is 6.42. The van der Waals surface area contributed by atoms with E-state index in [0.717, 1.165) is 41.6 Å². The van der Waals surface area contributed by atoms with Gasteiger partial charge in [-0.15, -0.1) is 11.3 Å². The van der Waals surface area contributed by atoms with Gasteiger partial charge in [0.1, 0.15) is 11.2 Å². The zero-order chi connectivity index (χ0) is 17.4. The molecule has 0 bridgehead atoms. The van der Waals surface area contributed by atoms with E-state index in [1.165, 1.54) is 17.7 Å². The lowest BCUT2D eigenvalue weighted by atomic mass is 10.2. The third-order valence-corrected chi connectivity index (χ3v) is 4.77. The van der Waals surface area contributed by atoms with E-state index in [1.807, 2.05) is 13.8 Å². The van der Waals surface area contributed by atoms with Crippen molar-refractivity contribution >= 4 is 27.5 Å². The molecule has 0 radical (unpaired) electrons. The molecule has 2 rings (SSSR count). The van der Waals surface area contributed by atoms with Gasteiger partial charge in [-0.3, -0.25) is 4.79 Å². The first kappa shape index (κ1) is 18.6. The van der Waals surface area contributed by atoms with Crippen molar-refractivity contribution in [3.8, 4) is 5.88 Å². The lowest BCUT2D eigenvalue weighted by molar-refractivity contribution is 0.0944. The normalized spacial score (nSPS) is 11.0. The topological polar surface area (TPSA) is 73.3 Å². The van der Waals surface area contributed by atoms with Crippen molar-refractivity contribution in [3.63, 3.8) is 0 Å². The summed E-state index contributed by atoms with van der Waals surface area (Å²) in [7, 11) is 0. The molecule has 0 unspecified atom stereocenters. The third-order valence-electron chi connectivity index (χ3n) is 3.57. The summed E-state index contributed by atoms with van der Waals surface area (Å²) in [5, 5.41) is 3.78. The van der Waals surface area contributed by atoms with Gasteiger partial charge in [0.15, 0.2) is 0 Å². The van der Waals surface area contributed by atoms with E-state index in [2.05, 4.69) is 22.2 Å². The summed E-state index contributed by atoms with van der Waals surface area (Å²) >= 11 is 1.37. The average molecular weight is 351 g/mol. The van der Waals surface area contributed by atoms with Gasteiger partial charge in [0, 0.05) is 19.8 Å². The Morgan fingerprint density at radius 3 is 2.79 bits per heavy atom. The maximum Gasteiger partial charge on any atom is 0.261 e. The molecule has 2 aromatic heterocycles. The van der Waals surface area contributed by atoms with Gasteiger partial charge < -0.3 is 14.8 Å². The van der Waals surface area contributed by atoms with E-state index in [9.17, 15) is 4.79 Å². The average Bonchev–Trinajstić information content (AvgIpc) is 2.92. The fraction of sp³-hybridized carbons (Fsp3) is 0.588. The second-order valence-electron chi connectivity index (χ2n) is 5.42. The molecule has 132 valence electrons. The van der Waals surface area contributed by atoms with Crippen LogP contribution in [0.5, 0.6) is 5.88 Å². The Morgan fingerprint density at radius 2 is 2.04 bits per heavy atom. The monoisotopic (exact) mass is 351 g/mol. The number of fused-ring (bicyclic) bond motifs is 1. The maximum atomic E-state index is 12.4. The zero-order valence-electron chi connectivity index (χ0n) is 14.6. The minimum absolute atomic E-state index is 0.0773. The Kier molecular flexibility index (Phi) is 7.39. The molecule has 1 N–H and O–H groups in total. The smallest absolute Gasteiger partial charge is 0.261 e. The molecule has 2 aromatic rings. The van der Waals surface area contributed by atoms with Crippen LogP contribution in [0.15, 0.2) is 6.33 Å². The highest BCUT2D eigenvalue weighted by Crippen LogP contribution is 2.34. The quantitative estimate of drug-likeness (QED) is 0.665. The predicted octanol–water partition coefficient (Wildman–Crippen LogP) is 3.34. The second kappa shape index (κ2) is 9.54. The zero-order valence-corrected chi connectivity index (χ0v) is 15.4.